The normalized spacial score (nSPS) is 26.3. The van der Waals surface area contributed by atoms with Gasteiger partial charge in [-0.05, 0) is 43.8 Å². The zero-order valence-electron chi connectivity index (χ0n) is 15.2. The highest BCUT2D eigenvalue weighted by molar-refractivity contribution is 7.71. The van der Waals surface area contributed by atoms with Gasteiger partial charge >= 0.3 is 0 Å². The predicted molar refractivity (Wildman–Crippen MR) is 102 cm³/mol. The number of aromatic amines is 1. The molecule has 0 unspecified atom stereocenters. The molecule has 0 bridgehead atoms. The van der Waals surface area contributed by atoms with E-state index >= 15 is 0 Å². The highest BCUT2D eigenvalue weighted by Crippen LogP contribution is 2.52. The van der Waals surface area contributed by atoms with Crippen molar-refractivity contribution in [2.45, 2.75) is 45.9 Å². The van der Waals surface area contributed by atoms with Gasteiger partial charge in [0.15, 0.2) is 4.77 Å². The third kappa shape index (κ3) is 2.45. The van der Waals surface area contributed by atoms with Gasteiger partial charge in [-0.3, -0.25) is 14.2 Å². The van der Waals surface area contributed by atoms with Crippen LogP contribution in [-0.2, 0) is 11.3 Å². The number of ether oxygens (including phenoxy) is 1. The third-order valence-electron chi connectivity index (χ3n) is 5.95. The average molecular weight is 373 g/mol. The number of benzene rings is 1. The summed E-state index contributed by atoms with van der Waals surface area (Å²) in [5.41, 5.74) is 0.911. The summed E-state index contributed by atoms with van der Waals surface area (Å²) in [4.78, 5) is 28.3. The van der Waals surface area contributed by atoms with E-state index in [1.54, 1.807) is 18.2 Å². The van der Waals surface area contributed by atoms with Gasteiger partial charge in [-0.15, -0.1) is 0 Å². The van der Waals surface area contributed by atoms with Gasteiger partial charge < -0.3 is 15.0 Å². The Morgan fingerprint density at radius 1 is 1.46 bits per heavy atom. The van der Waals surface area contributed by atoms with E-state index < -0.39 is 0 Å². The van der Waals surface area contributed by atoms with Crippen molar-refractivity contribution in [2.75, 3.05) is 6.61 Å². The maximum absolute atomic E-state index is 12.8. The number of nitrogens with one attached hydrogen (secondary N) is 2. The fourth-order valence-electron chi connectivity index (χ4n) is 4.52. The Morgan fingerprint density at radius 3 is 2.96 bits per heavy atom. The third-order valence-corrected chi connectivity index (χ3v) is 6.27. The molecular formula is C19H23N3O3S. The largest absolute Gasteiger partial charge is 0.377 e. The summed E-state index contributed by atoms with van der Waals surface area (Å²) in [6, 6.07) is 5.20. The molecule has 26 heavy (non-hydrogen) atoms. The standard InChI is InChI=1S/C19H23N3O3S/c1-4-22-17(24)11-6-5-10(9-13(11)20-18(22)26)16(23)21-14-12-7-8-25-15(12)19(14,2)3/h5-6,9,12,14-15H,4,7-8H2,1-3H3,(H,20,26)(H,21,23)/t12-,14-,15+/m1/s1. The first-order valence-electron chi connectivity index (χ1n) is 9.04. The first-order valence-corrected chi connectivity index (χ1v) is 9.44. The minimum atomic E-state index is -0.135. The van der Waals surface area contributed by atoms with Crippen LogP contribution in [0.3, 0.4) is 0 Å². The summed E-state index contributed by atoms with van der Waals surface area (Å²) in [7, 11) is 0. The van der Waals surface area contributed by atoms with Crippen LogP contribution in [0.4, 0.5) is 0 Å². The molecule has 1 saturated heterocycles. The lowest BCUT2D eigenvalue weighted by atomic mass is 9.57. The fourth-order valence-corrected chi connectivity index (χ4v) is 4.85. The van der Waals surface area contributed by atoms with Crippen LogP contribution in [-0.4, -0.2) is 34.2 Å². The second kappa shape index (κ2) is 6.03. The van der Waals surface area contributed by atoms with Crippen molar-refractivity contribution in [1.82, 2.24) is 14.9 Å². The smallest absolute Gasteiger partial charge is 0.262 e. The fraction of sp³-hybridized carbons (Fsp3) is 0.526. The number of aromatic nitrogens is 2. The predicted octanol–water partition coefficient (Wildman–Crippen LogP) is 2.62. The van der Waals surface area contributed by atoms with E-state index in [2.05, 4.69) is 24.1 Å². The summed E-state index contributed by atoms with van der Waals surface area (Å²) in [6.07, 6.45) is 1.22. The molecule has 2 heterocycles. The second-order valence-electron chi connectivity index (χ2n) is 7.76. The van der Waals surface area contributed by atoms with E-state index in [4.69, 9.17) is 17.0 Å². The molecule has 2 aliphatic rings. The van der Waals surface area contributed by atoms with Crippen LogP contribution in [0.25, 0.3) is 10.9 Å². The van der Waals surface area contributed by atoms with Gasteiger partial charge in [-0.25, -0.2) is 0 Å². The van der Waals surface area contributed by atoms with Gasteiger partial charge in [0.2, 0.25) is 0 Å². The summed E-state index contributed by atoms with van der Waals surface area (Å²) >= 11 is 5.25. The molecule has 6 nitrogen and oxygen atoms in total. The lowest BCUT2D eigenvalue weighted by Crippen LogP contribution is -2.66. The number of H-pyrrole nitrogens is 1. The van der Waals surface area contributed by atoms with Crippen molar-refractivity contribution in [3.05, 3.63) is 38.9 Å². The Bertz CT molecular complexity index is 1010. The van der Waals surface area contributed by atoms with Gasteiger partial charge in [0.25, 0.3) is 11.5 Å². The molecule has 3 atom stereocenters. The van der Waals surface area contributed by atoms with Crippen LogP contribution in [0.5, 0.6) is 0 Å². The topological polar surface area (TPSA) is 76.1 Å². The Balaban J connectivity index is 1.64. The van der Waals surface area contributed by atoms with Gasteiger partial charge in [-0.2, -0.15) is 0 Å². The molecular weight excluding hydrogens is 350 g/mol. The summed E-state index contributed by atoms with van der Waals surface area (Å²) in [5, 5.41) is 3.70. The number of carbonyl (C=O) groups is 1. The molecule has 7 heteroatoms. The van der Waals surface area contributed by atoms with Crippen LogP contribution in [0.15, 0.2) is 23.0 Å². The quantitative estimate of drug-likeness (QED) is 0.811. The maximum Gasteiger partial charge on any atom is 0.262 e. The summed E-state index contributed by atoms with van der Waals surface area (Å²) in [6.45, 7) is 7.42. The number of carbonyl (C=O) groups excluding carboxylic acids is 1. The number of hydrogen-bond acceptors (Lipinski definition) is 4. The molecule has 0 radical (unpaired) electrons. The minimum Gasteiger partial charge on any atom is -0.377 e. The Labute approximate surface area is 156 Å². The maximum atomic E-state index is 12.8. The molecule has 1 aromatic carbocycles. The number of rotatable bonds is 3. The zero-order valence-corrected chi connectivity index (χ0v) is 16.0. The second-order valence-corrected chi connectivity index (χ2v) is 8.14. The van der Waals surface area contributed by atoms with Crippen LogP contribution >= 0.6 is 12.2 Å². The Kier molecular flexibility index (Phi) is 4.04. The monoisotopic (exact) mass is 373 g/mol. The molecule has 2 N–H and O–H groups in total. The van der Waals surface area contributed by atoms with Crippen molar-refractivity contribution >= 4 is 29.0 Å². The molecule has 1 aromatic heterocycles. The number of amides is 1. The molecule has 2 fully saturated rings. The van der Waals surface area contributed by atoms with Crippen molar-refractivity contribution < 1.29 is 9.53 Å². The highest BCUT2D eigenvalue weighted by Gasteiger charge is 2.59. The molecule has 2 aromatic rings. The van der Waals surface area contributed by atoms with Gasteiger partial charge in [0.1, 0.15) is 0 Å². The SMILES string of the molecule is CCn1c(=S)[nH]c2cc(C(=O)N[C@@H]3[C@H]4CCO[C@@H]4C3(C)C)ccc2c1=O. The zero-order chi connectivity index (χ0) is 18.6. The van der Waals surface area contributed by atoms with E-state index in [0.29, 0.717) is 33.7 Å². The molecule has 1 saturated carbocycles. The molecule has 1 amide bonds. The van der Waals surface area contributed by atoms with E-state index in [0.717, 1.165) is 13.0 Å². The lowest BCUT2D eigenvalue weighted by molar-refractivity contribution is -0.108. The Hall–Kier alpha value is -1.99. The summed E-state index contributed by atoms with van der Waals surface area (Å²) in [5.74, 6) is 0.256. The molecule has 0 spiro atoms. The van der Waals surface area contributed by atoms with E-state index in [-0.39, 0.29) is 29.0 Å². The molecule has 1 aliphatic heterocycles. The van der Waals surface area contributed by atoms with E-state index in [1.165, 1.54) is 4.57 Å². The van der Waals surface area contributed by atoms with Crippen LogP contribution < -0.4 is 10.9 Å². The van der Waals surface area contributed by atoms with Crippen molar-refractivity contribution in [2.24, 2.45) is 11.3 Å². The number of hydrogen-bond donors (Lipinski definition) is 2. The highest BCUT2D eigenvalue weighted by atomic mass is 32.1. The van der Waals surface area contributed by atoms with Gasteiger partial charge in [0, 0.05) is 36.1 Å². The minimum absolute atomic E-state index is 0.0670. The van der Waals surface area contributed by atoms with Crippen molar-refractivity contribution in [3.63, 3.8) is 0 Å². The van der Waals surface area contributed by atoms with Crippen LogP contribution in [0.2, 0.25) is 0 Å². The first kappa shape index (κ1) is 17.4. The molecule has 1 aliphatic carbocycles. The van der Waals surface area contributed by atoms with Crippen molar-refractivity contribution in [3.8, 4) is 0 Å². The number of fused-ring (bicyclic) bond motifs is 2. The summed E-state index contributed by atoms with van der Waals surface area (Å²) < 4.78 is 7.66. The van der Waals surface area contributed by atoms with E-state index in [9.17, 15) is 9.59 Å². The average Bonchev–Trinajstić information content (AvgIpc) is 3.06. The van der Waals surface area contributed by atoms with Crippen LogP contribution in [0.1, 0.15) is 37.6 Å². The van der Waals surface area contributed by atoms with Gasteiger partial charge in [0.05, 0.1) is 17.0 Å². The lowest BCUT2D eigenvalue weighted by Gasteiger charge is -2.54. The van der Waals surface area contributed by atoms with Crippen molar-refractivity contribution in [1.29, 1.82) is 0 Å². The van der Waals surface area contributed by atoms with Crippen LogP contribution in [0, 0.1) is 16.1 Å². The first-order chi connectivity index (χ1) is 12.3. The number of nitrogens with zero attached hydrogens (tertiary/aromatic N) is 1. The van der Waals surface area contributed by atoms with E-state index in [1.807, 2.05) is 6.92 Å². The van der Waals surface area contributed by atoms with Gasteiger partial charge in [-0.1, -0.05) is 13.8 Å². The Morgan fingerprint density at radius 2 is 2.23 bits per heavy atom. The molecule has 138 valence electrons. The molecule has 4 rings (SSSR count).